The van der Waals surface area contributed by atoms with Crippen LogP contribution in [0, 0.1) is 17.8 Å². The van der Waals surface area contributed by atoms with Crippen molar-refractivity contribution in [2.24, 2.45) is 17.8 Å². The minimum Gasteiger partial charge on any atom is -0.486 e. The van der Waals surface area contributed by atoms with Gasteiger partial charge >= 0.3 is 0 Å². The van der Waals surface area contributed by atoms with Crippen molar-refractivity contribution in [1.29, 1.82) is 0 Å². The molecule has 174 valence electrons. The van der Waals surface area contributed by atoms with Gasteiger partial charge in [0.25, 0.3) is 0 Å². The Morgan fingerprint density at radius 3 is 2.62 bits per heavy atom. The molecule has 4 atom stereocenters. The summed E-state index contributed by atoms with van der Waals surface area (Å²) in [6.07, 6.45) is 5.31. The second-order valence-electron chi connectivity index (χ2n) is 10.3. The second-order valence-corrected chi connectivity index (χ2v) is 11.3. The highest BCUT2D eigenvalue weighted by Crippen LogP contribution is 2.49. The summed E-state index contributed by atoms with van der Waals surface area (Å²) in [4.78, 5) is 12.5. The molecule has 0 radical (unpaired) electrons. The number of nitrogens with one attached hydrogen (secondary N) is 1. The summed E-state index contributed by atoms with van der Waals surface area (Å²) in [5.41, 5.74) is 1.35. The summed E-state index contributed by atoms with van der Waals surface area (Å²) in [5, 5.41) is 11.9. The van der Waals surface area contributed by atoms with Gasteiger partial charge in [-0.1, -0.05) is 51.1 Å². The Morgan fingerprint density at radius 2 is 2.00 bits per heavy atom. The maximum atomic E-state index is 12.5. The van der Waals surface area contributed by atoms with Crippen LogP contribution in [0.4, 0.5) is 0 Å². The highest BCUT2D eigenvalue weighted by molar-refractivity contribution is 7.99. The van der Waals surface area contributed by atoms with Gasteiger partial charge in [-0.15, -0.1) is 10.2 Å². The largest absolute Gasteiger partial charge is 0.486 e. The van der Waals surface area contributed by atoms with Gasteiger partial charge in [0.15, 0.2) is 5.82 Å². The van der Waals surface area contributed by atoms with Crippen molar-refractivity contribution in [3.63, 3.8) is 0 Å². The van der Waals surface area contributed by atoms with Crippen molar-refractivity contribution in [1.82, 2.24) is 20.2 Å². The van der Waals surface area contributed by atoms with E-state index in [-0.39, 0.29) is 29.7 Å². The molecule has 3 N–H and O–H groups in total. The predicted molar refractivity (Wildman–Crippen MR) is 127 cm³/mol. The third kappa shape index (κ3) is 5.22. The number of carbonyl (C=O) groups is 1. The van der Waals surface area contributed by atoms with Crippen LogP contribution in [-0.4, -0.2) is 32.6 Å². The van der Waals surface area contributed by atoms with E-state index >= 15 is 0 Å². The lowest BCUT2D eigenvalue weighted by atomic mass is 9.84. The highest BCUT2D eigenvalue weighted by Gasteiger charge is 2.42. The van der Waals surface area contributed by atoms with Crippen molar-refractivity contribution in [2.75, 3.05) is 11.6 Å². The topological polar surface area (TPSA) is 95.1 Å². The number of benzene rings is 1. The number of nitrogens with zero attached hydrogens (tertiary/aromatic N) is 3. The maximum Gasteiger partial charge on any atom is 0.230 e. The number of nitrogen functional groups attached to an aromatic ring is 1. The number of aromatic nitrogens is 3. The standard InChI is InChI=1S/C24H35N5O2S/c1-15(20-12-16-5-6-17(20)11-16)26-22(30)14-32-23-28-27-21(29(23)25)13-31-19-9-7-18(8-10-19)24(2,3)4/h7-10,15-17,20H,5-6,11-14,25H2,1-4H3,(H,26,30)/t15-,16+,17+,20-/m1/s1. The smallest absolute Gasteiger partial charge is 0.230 e. The van der Waals surface area contributed by atoms with Gasteiger partial charge in [0.05, 0.1) is 5.75 Å². The molecule has 0 saturated heterocycles. The number of amides is 1. The monoisotopic (exact) mass is 457 g/mol. The molecule has 7 nitrogen and oxygen atoms in total. The molecule has 1 aromatic carbocycles. The van der Waals surface area contributed by atoms with Crippen molar-refractivity contribution >= 4 is 17.7 Å². The molecule has 2 saturated carbocycles. The van der Waals surface area contributed by atoms with E-state index in [0.717, 1.165) is 17.6 Å². The van der Waals surface area contributed by atoms with E-state index in [2.05, 4.69) is 55.3 Å². The summed E-state index contributed by atoms with van der Waals surface area (Å²) in [5.74, 6) is 10.0. The summed E-state index contributed by atoms with van der Waals surface area (Å²) >= 11 is 1.30. The first-order chi connectivity index (χ1) is 15.2. The SMILES string of the molecule is C[C@@H](NC(=O)CSc1nnc(COc2ccc(C(C)(C)C)cc2)n1N)[C@H]1C[C@H]2CC[C@H]1C2. The van der Waals surface area contributed by atoms with Crippen LogP contribution in [-0.2, 0) is 16.8 Å². The van der Waals surface area contributed by atoms with Crippen LogP contribution in [0.3, 0.4) is 0 Å². The Morgan fingerprint density at radius 1 is 1.25 bits per heavy atom. The molecule has 8 heteroatoms. The Kier molecular flexibility index (Phi) is 6.70. The number of hydrogen-bond donors (Lipinski definition) is 2. The van der Waals surface area contributed by atoms with Gasteiger partial charge in [0.2, 0.25) is 11.1 Å². The van der Waals surface area contributed by atoms with E-state index in [4.69, 9.17) is 10.6 Å². The fourth-order valence-electron chi connectivity index (χ4n) is 5.14. The van der Waals surface area contributed by atoms with Gasteiger partial charge in [-0.2, -0.15) is 0 Å². The molecule has 0 aliphatic heterocycles. The van der Waals surface area contributed by atoms with E-state index in [1.165, 1.54) is 47.7 Å². The quantitative estimate of drug-likeness (QED) is 0.461. The summed E-state index contributed by atoms with van der Waals surface area (Å²) in [6, 6.07) is 8.27. The molecule has 2 aliphatic rings. The highest BCUT2D eigenvalue weighted by atomic mass is 32.2. The lowest BCUT2D eigenvalue weighted by Crippen LogP contribution is -2.41. The first kappa shape index (κ1) is 23.0. The average molecular weight is 458 g/mol. The lowest BCUT2D eigenvalue weighted by Gasteiger charge is -2.28. The zero-order chi connectivity index (χ0) is 22.9. The number of nitrogens with two attached hydrogens (primary N) is 1. The van der Waals surface area contributed by atoms with Crippen molar-refractivity contribution in [3.05, 3.63) is 35.7 Å². The number of thioether (sulfide) groups is 1. The van der Waals surface area contributed by atoms with Crippen LogP contribution in [0.5, 0.6) is 5.75 Å². The maximum absolute atomic E-state index is 12.5. The van der Waals surface area contributed by atoms with Crippen LogP contribution in [0.15, 0.2) is 29.4 Å². The fourth-order valence-corrected chi connectivity index (χ4v) is 5.83. The molecule has 2 bridgehead atoms. The van der Waals surface area contributed by atoms with Gasteiger partial charge in [0.1, 0.15) is 12.4 Å². The molecule has 1 aromatic heterocycles. The number of rotatable bonds is 8. The molecule has 1 heterocycles. The summed E-state index contributed by atoms with van der Waals surface area (Å²) in [6.45, 7) is 8.89. The zero-order valence-corrected chi connectivity index (χ0v) is 20.3. The third-order valence-electron chi connectivity index (χ3n) is 6.98. The Labute approximate surface area is 194 Å². The molecule has 4 rings (SSSR count). The van der Waals surface area contributed by atoms with Crippen LogP contribution < -0.4 is 15.9 Å². The van der Waals surface area contributed by atoms with Crippen LogP contribution in [0.2, 0.25) is 0 Å². The summed E-state index contributed by atoms with van der Waals surface area (Å²) in [7, 11) is 0. The van der Waals surface area contributed by atoms with Gasteiger partial charge in [-0.05, 0) is 67.1 Å². The normalized spacial score (nSPS) is 23.3. The van der Waals surface area contributed by atoms with Crippen molar-refractivity contribution in [2.45, 2.75) is 76.6 Å². The number of fused-ring (bicyclic) bond motifs is 2. The fraction of sp³-hybridized carbons (Fsp3) is 0.625. The van der Waals surface area contributed by atoms with E-state index in [1.807, 2.05) is 12.1 Å². The van der Waals surface area contributed by atoms with Crippen molar-refractivity contribution in [3.8, 4) is 5.75 Å². The molecule has 2 aliphatic carbocycles. The second kappa shape index (κ2) is 9.33. The lowest BCUT2D eigenvalue weighted by molar-refractivity contribution is -0.119. The molecule has 0 unspecified atom stereocenters. The molecule has 2 aromatic rings. The minimum atomic E-state index is 0.0185. The van der Waals surface area contributed by atoms with E-state index in [9.17, 15) is 4.79 Å². The Bertz CT molecular complexity index is 937. The number of ether oxygens (including phenoxy) is 1. The number of hydrogen-bond acceptors (Lipinski definition) is 6. The molecule has 2 fully saturated rings. The van der Waals surface area contributed by atoms with Gasteiger partial charge in [0, 0.05) is 6.04 Å². The summed E-state index contributed by atoms with van der Waals surface area (Å²) < 4.78 is 7.22. The van der Waals surface area contributed by atoms with Gasteiger partial charge < -0.3 is 15.9 Å². The van der Waals surface area contributed by atoms with E-state index in [0.29, 0.717) is 16.9 Å². The zero-order valence-electron chi connectivity index (χ0n) is 19.5. The van der Waals surface area contributed by atoms with Crippen LogP contribution >= 0.6 is 11.8 Å². The third-order valence-corrected chi connectivity index (χ3v) is 7.92. The average Bonchev–Trinajstić information content (AvgIpc) is 3.47. The van der Waals surface area contributed by atoms with E-state index < -0.39 is 0 Å². The van der Waals surface area contributed by atoms with Gasteiger partial charge in [-0.25, -0.2) is 4.68 Å². The first-order valence-corrected chi connectivity index (χ1v) is 12.5. The first-order valence-electron chi connectivity index (χ1n) is 11.6. The molecular formula is C24H35N5O2S. The molecule has 0 spiro atoms. The molecule has 32 heavy (non-hydrogen) atoms. The minimum absolute atomic E-state index is 0.0185. The Hall–Kier alpha value is -2.22. The van der Waals surface area contributed by atoms with Gasteiger partial charge in [-0.3, -0.25) is 4.79 Å². The van der Waals surface area contributed by atoms with Crippen LogP contribution in [0.25, 0.3) is 0 Å². The van der Waals surface area contributed by atoms with E-state index in [1.54, 1.807) is 0 Å². The molecule has 1 amide bonds. The van der Waals surface area contributed by atoms with Crippen LogP contribution in [0.1, 0.15) is 64.8 Å². The molecular weight excluding hydrogens is 422 g/mol. The number of carbonyl (C=O) groups excluding carboxylic acids is 1. The predicted octanol–water partition coefficient (Wildman–Crippen LogP) is 3.90. The van der Waals surface area contributed by atoms with Crippen molar-refractivity contribution < 1.29 is 9.53 Å². The Balaban J connectivity index is 1.24.